The van der Waals surface area contributed by atoms with Crippen molar-refractivity contribution in [1.82, 2.24) is 9.80 Å². The molecule has 0 aromatic heterocycles. The maximum absolute atomic E-state index is 12.7. The van der Waals surface area contributed by atoms with E-state index in [1.165, 1.54) is 37.4 Å². The van der Waals surface area contributed by atoms with Crippen molar-refractivity contribution in [3.63, 3.8) is 0 Å². The van der Waals surface area contributed by atoms with Gasteiger partial charge in [-0.2, -0.15) is 0 Å². The number of benzene rings is 1. The molecular formula is C18H22N2O2S2. The summed E-state index contributed by atoms with van der Waals surface area (Å²) in [5.74, 6) is 0.825. The summed E-state index contributed by atoms with van der Waals surface area (Å²) in [4.78, 5) is 17.5. The highest BCUT2D eigenvalue weighted by molar-refractivity contribution is 8.26. The van der Waals surface area contributed by atoms with Crippen molar-refractivity contribution in [2.45, 2.75) is 25.7 Å². The Morgan fingerprint density at radius 1 is 1.17 bits per heavy atom. The molecule has 0 spiro atoms. The number of hydrogen-bond donors (Lipinski definition) is 0. The molecule has 0 unspecified atom stereocenters. The van der Waals surface area contributed by atoms with Gasteiger partial charge in [-0.1, -0.05) is 49.0 Å². The smallest absolute Gasteiger partial charge is 0.267 e. The Bertz CT molecular complexity index is 635. The zero-order valence-electron chi connectivity index (χ0n) is 13.9. The number of carbonyl (C=O) groups is 1. The molecule has 2 aliphatic rings. The Morgan fingerprint density at radius 2 is 1.83 bits per heavy atom. The van der Waals surface area contributed by atoms with E-state index in [9.17, 15) is 4.79 Å². The van der Waals surface area contributed by atoms with Crippen LogP contribution in [0.5, 0.6) is 5.75 Å². The number of ether oxygens (including phenoxy) is 1. The van der Waals surface area contributed by atoms with Crippen molar-refractivity contribution in [2.24, 2.45) is 0 Å². The Balaban J connectivity index is 1.69. The van der Waals surface area contributed by atoms with Gasteiger partial charge in [0.2, 0.25) is 0 Å². The fourth-order valence-electron chi connectivity index (χ4n) is 2.95. The van der Waals surface area contributed by atoms with Crippen molar-refractivity contribution in [1.29, 1.82) is 0 Å². The minimum Gasteiger partial charge on any atom is -0.497 e. The number of carbonyl (C=O) groups excluding carboxylic acids is 1. The maximum Gasteiger partial charge on any atom is 0.267 e. The first-order valence-electron chi connectivity index (χ1n) is 8.29. The molecule has 6 heteroatoms. The van der Waals surface area contributed by atoms with Crippen LogP contribution in [0, 0.1) is 0 Å². The Morgan fingerprint density at radius 3 is 2.46 bits per heavy atom. The van der Waals surface area contributed by atoms with Crippen LogP contribution in [-0.2, 0) is 4.79 Å². The molecule has 2 saturated heterocycles. The van der Waals surface area contributed by atoms with E-state index in [-0.39, 0.29) is 5.91 Å². The molecule has 0 aliphatic carbocycles. The van der Waals surface area contributed by atoms with Crippen LogP contribution in [0.15, 0.2) is 29.2 Å². The zero-order chi connectivity index (χ0) is 16.9. The molecule has 2 heterocycles. The minimum absolute atomic E-state index is 0.0186. The molecular weight excluding hydrogens is 340 g/mol. The summed E-state index contributed by atoms with van der Waals surface area (Å²) in [7, 11) is 1.64. The molecule has 0 radical (unpaired) electrons. The number of methoxy groups -OCH3 is 1. The molecule has 0 bridgehead atoms. The summed E-state index contributed by atoms with van der Waals surface area (Å²) in [6.45, 7) is 2.72. The normalized spacial score (nSPS) is 21.4. The van der Waals surface area contributed by atoms with Crippen LogP contribution >= 0.6 is 24.0 Å². The number of thioether (sulfide) groups is 1. The number of thiocarbonyl (C=S) groups is 1. The number of amides is 1. The molecule has 2 aliphatic heterocycles. The minimum atomic E-state index is 0.0186. The van der Waals surface area contributed by atoms with Crippen molar-refractivity contribution >= 4 is 40.3 Å². The quantitative estimate of drug-likeness (QED) is 0.602. The summed E-state index contributed by atoms with van der Waals surface area (Å²) in [5.41, 5.74) is 0.978. The van der Waals surface area contributed by atoms with E-state index in [2.05, 4.69) is 4.90 Å². The largest absolute Gasteiger partial charge is 0.497 e. The van der Waals surface area contributed by atoms with Gasteiger partial charge in [-0.05, 0) is 49.7 Å². The van der Waals surface area contributed by atoms with Gasteiger partial charge in [0, 0.05) is 0 Å². The van der Waals surface area contributed by atoms with E-state index < -0.39 is 0 Å². The molecule has 128 valence electrons. The van der Waals surface area contributed by atoms with Crippen LogP contribution in [0.1, 0.15) is 31.2 Å². The van der Waals surface area contributed by atoms with Crippen molar-refractivity contribution in [3.05, 3.63) is 34.7 Å². The van der Waals surface area contributed by atoms with Crippen LogP contribution in [0.25, 0.3) is 6.08 Å². The SMILES string of the molecule is COc1ccc(/C=C2/SC(=S)N(CN3CCCCCC3)C2=O)cc1. The molecule has 1 amide bonds. The van der Waals surface area contributed by atoms with Gasteiger partial charge in [0.1, 0.15) is 10.1 Å². The molecule has 2 fully saturated rings. The lowest BCUT2D eigenvalue weighted by molar-refractivity contribution is -0.123. The third-order valence-electron chi connectivity index (χ3n) is 4.33. The van der Waals surface area contributed by atoms with Gasteiger partial charge < -0.3 is 4.74 Å². The average molecular weight is 363 g/mol. The van der Waals surface area contributed by atoms with Crippen LogP contribution < -0.4 is 4.74 Å². The summed E-state index contributed by atoms with van der Waals surface area (Å²) >= 11 is 6.82. The summed E-state index contributed by atoms with van der Waals surface area (Å²) in [5, 5.41) is 0. The van der Waals surface area contributed by atoms with Gasteiger partial charge in [0.25, 0.3) is 5.91 Å². The van der Waals surface area contributed by atoms with Gasteiger partial charge in [-0.3, -0.25) is 14.6 Å². The first-order valence-corrected chi connectivity index (χ1v) is 9.51. The predicted molar refractivity (Wildman–Crippen MR) is 103 cm³/mol. The lowest BCUT2D eigenvalue weighted by atomic mass is 10.2. The molecule has 1 aromatic carbocycles. The highest BCUT2D eigenvalue weighted by Gasteiger charge is 2.33. The Kier molecular flexibility index (Phi) is 5.92. The van der Waals surface area contributed by atoms with Crippen LogP contribution in [-0.4, -0.2) is 46.9 Å². The van der Waals surface area contributed by atoms with Crippen molar-refractivity contribution in [2.75, 3.05) is 26.9 Å². The van der Waals surface area contributed by atoms with Crippen LogP contribution in [0.2, 0.25) is 0 Å². The number of nitrogens with zero attached hydrogens (tertiary/aromatic N) is 2. The van der Waals surface area contributed by atoms with Gasteiger partial charge in [0.15, 0.2) is 0 Å². The van der Waals surface area contributed by atoms with E-state index in [0.29, 0.717) is 15.9 Å². The number of likely N-dealkylation sites (tertiary alicyclic amines) is 1. The van der Waals surface area contributed by atoms with Crippen LogP contribution in [0.3, 0.4) is 0 Å². The fourth-order valence-corrected chi connectivity index (χ4v) is 4.19. The lowest BCUT2D eigenvalue weighted by Crippen LogP contribution is -2.40. The molecule has 3 rings (SSSR count). The summed E-state index contributed by atoms with van der Waals surface area (Å²) < 4.78 is 5.82. The van der Waals surface area contributed by atoms with Gasteiger partial charge in [-0.15, -0.1) is 0 Å². The summed E-state index contributed by atoms with van der Waals surface area (Å²) in [6, 6.07) is 7.67. The van der Waals surface area contributed by atoms with E-state index in [1.807, 2.05) is 30.3 Å². The van der Waals surface area contributed by atoms with E-state index in [1.54, 1.807) is 12.0 Å². The molecule has 1 aromatic rings. The predicted octanol–water partition coefficient (Wildman–Crippen LogP) is 3.73. The maximum atomic E-state index is 12.7. The second-order valence-corrected chi connectivity index (χ2v) is 7.73. The third kappa shape index (κ3) is 4.18. The van der Waals surface area contributed by atoms with Crippen molar-refractivity contribution in [3.8, 4) is 5.75 Å². The van der Waals surface area contributed by atoms with Crippen molar-refractivity contribution < 1.29 is 9.53 Å². The molecule has 24 heavy (non-hydrogen) atoms. The Hall–Kier alpha value is -1.37. The first-order chi connectivity index (χ1) is 11.7. The second kappa shape index (κ2) is 8.14. The highest BCUT2D eigenvalue weighted by atomic mass is 32.2. The zero-order valence-corrected chi connectivity index (χ0v) is 15.5. The molecule has 4 nitrogen and oxygen atoms in total. The van der Waals surface area contributed by atoms with Gasteiger partial charge >= 0.3 is 0 Å². The second-order valence-electron chi connectivity index (χ2n) is 6.06. The average Bonchev–Trinajstić information content (AvgIpc) is 2.78. The standard InChI is InChI=1S/C18H22N2O2S2/c1-22-15-8-6-14(7-9-15)12-16-17(21)20(18(23)24-16)13-19-10-4-2-3-5-11-19/h6-9,12H,2-5,10-11,13H2,1H3/b16-12+. The number of hydrogen-bond acceptors (Lipinski definition) is 5. The van der Waals surface area contributed by atoms with Crippen LogP contribution in [0.4, 0.5) is 0 Å². The third-order valence-corrected chi connectivity index (χ3v) is 5.71. The molecule has 0 N–H and O–H groups in total. The molecule has 0 saturated carbocycles. The first kappa shape index (κ1) is 17.5. The van der Waals surface area contributed by atoms with Gasteiger partial charge in [-0.25, -0.2) is 0 Å². The van der Waals surface area contributed by atoms with E-state index in [0.717, 1.165) is 24.4 Å². The highest BCUT2D eigenvalue weighted by Crippen LogP contribution is 2.33. The number of rotatable bonds is 4. The lowest BCUT2D eigenvalue weighted by Gasteiger charge is -2.25. The van der Waals surface area contributed by atoms with E-state index in [4.69, 9.17) is 17.0 Å². The molecule has 0 atom stereocenters. The van der Waals surface area contributed by atoms with Gasteiger partial charge in [0.05, 0.1) is 18.7 Å². The monoisotopic (exact) mass is 362 g/mol. The van der Waals surface area contributed by atoms with E-state index >= 15 is 0 Å². The summed E-state index contributed by atoms with van der Waals surface area (Å²) in [6.07, 6.45) is 6.88. The Labute approximate surface area is 152 Å². The topological polar surface area (TPSA) is 32.8 Å². The fraction of sp³-hybridized carbons (Fsp3) is 0.444.